The Morgan fingerprint density at radius 2 is 1.84 bits per heavy atom. The van der Waals surface area contributed by atoms with E-state index in [0.717, 1.165) is 36.1 Å². The maximum Gasteiger partial charge on any atom is 0.251 e. The van der Waals surface area contributed by atoms with Crippen molar-refractivity contribution in [3.05, 3.63) is 55.9 Å². The minimum atomic E-state index is -0.507. The molecule has 4 nitrogen and oxygen atoms in total. The first-order valence-electron chi connectivity index (χ1n) is 7.84. The normalized spacial score (nSPS) is 13.7. The van der Waals surface area contributed by atoms with Crippen molar-refractivity contribution in [2.45, 2.75) is 25.7 Å². The van der Waals surface area contributed by atoms with Crippen molar-refractivity contribution < 1.29 is 9.59 Å². The van der Waals surface area contributed by atoms with Gasteiger partial charge < -0.3 is 11.1 Å². The second-order valence-electron chi connectivity index (χ2n) is 5.74. The van der Waals surface area contributed by atoms with E-state index in [1.807, 2.05) is 0 Å². The van der Waals surface area contributed by atoms with Crippen molar-refractivity contribution in [3.8, 4) is 0 Å². The molecule has 1 aromatic carbocycles. The van der Waals surface area contributed by atoms with Crippen molar-refractivity contribution in [2.24, 2.45) is 5.73 Å². The molecule has 0 bridgehead atoms. The zero-order chi connectivity index (χ0) is 18.0. The predicted molar refractivity (Wildman–Crippen MR) is 104 cm³/mol. The number of hydrogen-bond donors (Lipinski definition) is 2. The third kappa shape index (κ3) is 3.89. The summed E-state index contributed by atoms with van der Waals surface area (Å²) in [7, 11) is 0. The first kappa shape index (κ1) is 18.0. The number of nitrogens with two attached hydrogens (primary N) is 1. The number of halogens is 2. The lowest BCUT2D eigenvalue weighted by molar-refractivity contribution is -0.111. The summed E-state index contributed by atoms with van der Waals surface area (Å²) < 4.78 is 0. The topological polar surface area (TPSA) is 72.2 Å². The highest BCUT2D eigenvalue weighted by atomic mass is 35.5. The summed E-state index contributed by atoms with van der Waals surface area (Å²) in [5, 5.41) is 4.20. The molecule has 7 heteroatoms. The number of aryl methyl sites for hydroxylation is 1. The van der Waals surface area contributed by atoms with Crippen LogP contribution in [0.15, 0.2) is 24.3 Å². The highest BCUT2D eigenvalue weighted by Crippen LogP contribution is 2.38. The van der Waals surface area contributed by atoms with E-state index in [0.29, 0.717) is 26.2 Å². The molecule has 0 aliphatic heterocycles. The maximum absolute atomic E-state index is 12.3. The Morgan fingerprint density at radius 1 is 1.16 bits per heavy atom. The van der Waals surface area contributed by atoms with Gasteiger partial charge in [0.1, 0.15) is 5.00 Å². The Hall–Kier alpha value is -1.82. The standard InChI is InChI=1S/C18H16Cl2N2O2S/c19-12-5-3-6-13(20)10(12)8-9-15(23)22-18-16(17(21)24)11-4-1-2-7-14(11)25-18/h3,5-6,8-9H,1-2,4,7H2,(H2,21,24)(H,22,23). The van der Waals surface area contributed by atoms with E-state index in [2.05, 4.69) is 5.32 Å². The molecule has 1 aliphatic rings. The molecule has 0 radical (unpaired) electrons. The van der Waals surface area contributed by atoms with E-state index < -0.39 is 5.91 Å². The van der Waals surface area contributed by atoms with Crippen LogP contribution in [-0.4, -0.2) is 11.8 Å². The molecule has 3 rings (SSSR count). The lowest BCUT2D eigenvalue weighted by atomic mass is 9.95. The van der Waals surface area contributed by atoms with Gasteiger partial charge in [-0.1, -0.05) is 29.3 Å². The number of thiophene rings is 1. The molecular weight excluding hydrogens is 379 g/mol. The molecule has 1 aliphatic carbocycles. The number of nitrogens with one attached hydrogen (secondary N) is 1. The van der Waals surface area contributed by atoms with Crippen LogP contribution < -0.4 is 11.1 Å². The molecule has 1 aromatic heterocycles. The van der Waals surface area contributed by atoms with Crippen molar-refractivity contribution in [2.75, 3.05) is 5.32 Å². The van der Waals surface area contributed by atoms with Gasteiger partial charge in [0.25, 0.3) is 5.91 Å². The van der Waals surface area contributed by atoms with Gasteiger partial charge >= 0.3 is 0 Å². The monoisotopic (exact) mass is 394 g/mol. The number of anilines is 1. The third-order valence-corrected chi connectivity index (χ3v) is 5.92. The van der Waals surface area contributed by atoms with Crippen molar-refractivity contribution in [1.29, 1.82) is 0 Å². The number of carbonyl (C=O) groups excluding carboxylic acids is 2. The molecule has 0 spiro atoms. The van der Waals surface area contributed by atoms with Gasteiger partial charge in [0.15, 0.2) is 0 Å². The molecule has 0 unspecified atom stereocenters. The molecular formula is C18H16Cl2N2O2S. The lowest BCUT2D eigenvalue weighted by Crippen LogP contribution is -2.17. The van der Waals surface area contributed by atoms with Crippen molar-refractivity contribution in [1.82, 2.24) is 0 Å². The van der Waals surface area contributed by atoms with E-state index in [-0.39, 0.29) is 5.91 Å². The molecule has 2 amide bonds. The van der Waals surface area contributed by atoms with Crippen LogP contribution in [0.4, 0.5) is 5.00 Å². The highest BCUT2D eigenvalue weighted by molar-refractivity contribution is 7.17. The van der Waals surface area contributed by atoms with Gasteiger partial charge in [0, 0.05) is 26.6 Å². The van der Waals surface area contributed by atoms with Crippen molar-refractivity contribution in [3.63, 3.8) is 0 Å². The summed E-state index contributed by atoms with van der Waals surface area (Å²) in [5.41, 5.74) is 7.52. The Bertz CT molecular complexity index is 854. The summed E-state index contributed by atoms with van der Waals surface area (Å²) >= 11 is 13.6. The summed E-state index contributed by atoms with van der Waals surface area (Å²) in [6, 6.07) is 5.13. The number of hydrogen-bond acceptors (Lipinski definition) is 3. The summed E-state index contributed by atoms with van der Waals surface area (Å²) in [4.78, 5) is 25.2. The summed E-state index contributed by atoms with van der Waals surface area (Å²) in [6.45, 7) is 0. The largest absolute Gasteiger partial charge is 0.365 e. The number of primary amides is 1. The Morgan fingerprint density at radius 3 is 2.52 bits per heavy atom. The smallest absolute Gasteiger partial charge is 0.251 e. The number of fused-ring (bicyclic) bond motifs is 1. The maximum atomic E-state index is 12.3. The fourth-order valence-electron chi connectivity index (χ4n) is 2.90. The fourth-order valence-corrected chi connectivity index (χ4v) is 4.72. The van der Waals surface area contributed by atoms with Crippen LogP contribution in [0.3, 0.4) is 0 Å². The molecule has 0 fully saturated rings. The van der Waals surface area contributed by atoms with Gasteiger partial charge in [0.2, 0.25) is 5.91 Å². The van der Waals surface area contributed by atoms with Crippen LogP contribution in [0.2, 0.25) is 10.0 Å². The quantitative estimate of drug-likeness (QED) is 0.738. The van der Waals surface area contributed by atoms with Gasteiger partial charge in [0.05, 0.1) is 5.56 Å². The molecule has 2 aromatic rings. The van der Waals surface area contributed by atoms with Crippen molar-refractivity contribution >= 4 is 57.4 Å². The van der Waals surface area contributed by atoms with Gasteiger partial charge in [-0.15, -0.1) is 11.3 Å². The second kappa shape index (κ2) is 7.60. The molecule has 25 heavy (non-hydrogen) atoms. The second-order valence-corrected chi connectivity index (χ2v) is 7.66. The van der Waals surface area contributed by atoms with E-state index in [1.165, 1.54) is 17.4 Å². The minimum Gasteiger partial charge on any atom is -0.365 e. The summed E-state index contributed by atoms with van der Waals surface area (Å²) in [5.74, 6) is -0.870. The fraction of sp³-hybridized carbons (Fsp3) is 0.222. The van der Waals surface area contributed by atoms with Gasteiger partial charge in [-0.05, 0) is 49.5 Å². The predicted octanol–water partition coefficient (Wildman–Crippen LogP) is 4.68. The number of rotatable bonds is 4. The number of amides is 2. The Labute approximate surface area is 159 Å². The zero-order valence-electron chi connectivity index (χ0n) is 13.3. The van der Waals surface area contributed by atoms with E-state index in [1.54, 1.807) is 24.3 Å². The van der Waals surface area contributed by atoms with Crippen LogP contribution >= 0.6 is 34.5 Å². The van der Waals surface area contributed by atoms with Crippen LogP contribution in [0.25, 0.3) is 6.08 Å². The molecule has 1 heterocycles. The van der Waals surface area contributed by atoms with Gasteiger partial charge in [-0.3, -0.25) is 9.59 Å². The highest BCUT2D eigenvalue weighted by Gasteiger charge is 2.24. The van der Waals surface area contributed by atoms with Gasteiger partial charge in [-0.25, -0.2) is 0 Å². The third-order valence-electron chi connectivity index (χ3n) is 4.06. The molecule has 0 saturated carbocycles. The van der Waals surface area contributed by atoms with E-state index in [9.17, 15) is 9.59 Å². The SMILES string of the molecule is NC(=O)c1c(NC(=O)C=Cc2c(Cl)cccc2Cl)sc2c1CCCC2. The first-order chi connectivity index (χ1) is 12.0. The molecule has 3 N–H and O–H groups in total. The van der Waals surface area contributed by atoms with Crippen LogP contribution in [0.1, 0.15) is 39.2 Å². The zero-order valence-corrected chi connectivity index (χ0v) is 15.6. The molecule has 0 saturated heterocycles. The Balaban J connectivity index is 1.83. The van der Waals surface area contributed by atoms with Gasteiger partial charge in [-0.2, -0.15) is 0 Å². The van der Waals surface area contributed by atoms with E-state index in [4.69, 9.17) is 28.9 Å². The first-order valence-corrected chi connectivity index (χ1v) is 9.42. The summed E-state index contributed by atoms with van der Waals surface area (Å²) in [6.07, 6.45) is 6.76. The lowest BCUT2D eigenvalue weighted by Gasteiger charge is -2.11. The number of benzene rings is 1. The molecule has 0 atom stereocenters. The van der Waals surface area contributed by atoms with Crippen LogP contribution in [0.5, 0.6) is 0 Å². The van der Waals surface area contributed by atoms with E-state index >= 15 is 0 Å². The average Bonchev–Trinajstić information content (AvgIpc) is 2.92. The Kier molecular flexibility index (Phi) is 5.47. The number of carbonyl (C=O) groups is 2. The van der Waals surface area contributed by atoms with Crippen LogP contribution in [-0.2, 0) is 17.6 Å². The average molecular weight is 395 g/mol. The van der Waals surface area contributed by atoms with Crippen LogP contribution in [0, 0.1) is 0 Å². The minimum absolute atomic E-state index is 0.364. The molecule has 130 valence electrons.